The van der Waals surface area contributed by atoms with Crippen LogP contribution in [0.1, 0.15) is 43.1 Å². The average Bonchev–Trinajstić information content (AvgIpc) is 3.06. The maximum absolute atomic E-state index is 13.0. The van der Waals surface area contributed by atoms with Crippen molar-refractivity contribution < 1.29 is 78.9 Å². The molecule has 2 heterocycles. The normalized spacial score (nSPS) is 30.7. The minimum atomic E-state index is -1.80. The molecule has 0 bridgehead atoms. The topological polar surface area (TPSA) is 251 Å². The number of ether oxygens (including phenoxy) is 6. The van der Waals surface area contributed by atoms with Gasteiger partial charge in [-0.05, 0) is 43.9 Å². The number of aliphatic hydroxyl groups is 7. The Morgan fingerprint density at radius 1 is 0.878 bits per heavy atom. The van der Waals surface area contributed by atoms with E-state index < -0.39 is 79.8 Å². The SMILES string of the molecule is CC(=O)c1c(OCC[C@H](C)CO)cc(O[C@@H]2O[C@H](CO)[C@@H](O)[C@H](O)[C@H]2O[C@H]2O[C@H](C)[C@@H](O)[C@H](O)[C@@H]2O)cc1OC(=O)Cc1ccc(O)cc1. The second kappa shape index (κ2) is 17.0. The number of Topliss-reactive ketones (excluding diaryl/α,β-unsaturated/α-hetero) is 1. The molecule has 2 fully saturated rings. The standard InChI is InChI=1S/C33H44O16/c1-15(13-34)8-9-44-21-11-20(12-22(25(21)16(2)36)47-24(38)10-18-4-6-19(37)7-5-18)46-33-31(29(42)27(40)23(14-35)48-33)49-32-30(43)28(41)26(39)17(3)45-32/h4-7,11-12,15,17,23,26-35,37,39-43H,8-10,13-14H2,1-3H3/t15-,17+,23+,26+,27+,28-,29-,30-,31+,32+,33+/m0/s1. The Morgan fingerprint density at radius 2 is 1.55 bits per heavy atom. The molecule has 4 rings (SSSR count). The number of esters is 1. The summed E-state index contributed by atoms with van der Waals surface area (Å²) in [6.07, 6.45) is -15.6. The zero-order chi connectivity index (χ0) is 36.0. The maximum atomic E-state index is 13.0. The molecule has 0 unspecified atom stereocenters. The molecule has 49 heavy (non-hydrogen) atoms. The van der Waals surface area contributed by atoms with Crippen molar-refractivity contribution in [3.05, 3.63) is 47.5 Å². The minimum absolute atomic E-state index is 0.000676. The van der Waals surface area contributed by atoms with Crippen molar-refractivity contribution in [1.82, 2.24) is 0 Å². The fourth-order valence-electron chi connectivity index (χ4n) is 5.29. The predicted molar refractivity (Wildman–Crippen MR) is 166 cm³/mol. The number of phenolic OH excluding ortho intramolecular Hbond substituents is 1. The Hall–Kier alpha value is -3.42. The van der Waals surface area contributed by atoms with Gasteiger partial charge < -0.3 is 69.3 Å². The van der Waals surface area contributed by atoms with Crippen LogP contribution in [0.2, 0.25) is 0 Å². The Kier molecular flexibility index (Phi) is 13.3. The number of rotatable bonds is 14. The summed E-state index contributed by atoms with van der Waals surface area (Å²) >= 11 is 0. The number of aromatic hydroxyl groups is 1. The van der Waals surface area contributed by atoms with Gasteiger partial charge in [0.25, 0.3) is 0 Å². The molecule has 272 valence electrons. The largest absolute Gasteiger partial charge is 0.508 e. The third-order valence-corrected chi connectivity index (χ3v) is 8.26. The van der Waals surface area contributed by atoms with Gasteiger partial charge in [-0.2, -0.15) is 0 Å². The maximum Gasteiger partial charge on any atom is 0.315 e. The number of phenols is 1. The highest BCUT2D eigenvalue weighted by Gasteiger charge is 2.51. The Balaban J connectivity index is 1.68. The van der Waals surface area contributed by atoms with E-state index in [2.05, 4.69) is 0 Å². The highest BCUT2D eigenvalue weighted by Crippen LogP contribution is 2.38. The van der Waals surface area contributed by atoms with Crippen molar-refractivity contribution in [2.75, 3.05) is 19.8 Å². The molecule has 0 saturated carbocycles. The lowest BCUT2D eigenvalue weighted by Gasteiger charge is -2.45. The van der Waals surface area contributed by atoms with E-state index in [9.17, 15) is 50.4 Å². The molecule has 16 nitrogen and oxygen atoms in total. The quantitative estimate of drug-likeness (QED) is 0.0682. The smallest absolute Gasteiger partial charge is 0.315 e. The summed E-state index contributed by atoms with van der Waals surface area (Å²) < 4.78 is 34.5. The summed E-state index contributed by atoms with van der Waals surface area (Å²) in [5.74, 6) is -1.92. The van der Waals surface area contributed by atoms with Crippen LogP contribution in [0.3, 0.4) is 0 Å². The first-order valence-corrected chi connectivity index (χ1v) is 15.8. The van der Waals surface area contributed by atoms with Crippen molar-refractivity contribution in [2.45, 2.75) is 95.0 Å². The first kappa shape index (κ1) is 38.4. The van der Waals surface area contributed by atoms with Gasteiger partial charge in [0.05, 0.1) is 25.7 Å². The van der Waals surface area contributed by atoms with Crippen molar-refractivity contribution >= 4 is 11.8 Å². The van der Waals surface area contributed by atoms with Crippen molar-refractivity contribution in [3.63, 3.8) is 0 Å². The molecule has 2 aromatic carbocycles. The summed E-state index contributed by atoms with van der Waals surface area (Å²) in [4.78, 5) is 25.9. The van der Waals surface area contributed by atoms with E-state index in [0.717, 1.165) is 0 Å². The van der Waals surface area contributed by atoms with Crippen LogP contribution in [0.15, 0.2) is 36.4 Å². The highest BCUT2D eigenvalue weighted by molar-refractivity contribution is 6.00. The van der Waals surface area contributed by atoms with Crippen molar-refractivity contribution in [2.24, 2.45) is 5.92 Å². The van der Waals surface area contributed by atoms with Gasteiger partial charge in [0.2, 0.25) is 6.29 Å². The fourth-order valence-corrected chi connectivity index (χ4v) is 5.29. The van der Waals surface area contributed by atoms with Gasteiger partial charge in [0, 0.05) is 18.7 Å². The number of carbonyl (C=O) groups is 2. The Morgan fingerprint density at radius 3 is 2.18 bits per heavy atom. The van der Waals surface area contributed by atoms with Crippen LogP contribution >= 0.6 is 0 Å². The Labute approximate surface area is 281 Å². The van der Waals surface area contributed by atoms with E-state index in [4.69, 9.17) is 28.4 Å². The van der Waals surface area contributed by atoms with Gasteiger partial charge in [0.15, 0.2) is 18.2 Å². The van der Waals surface area contributed by atoms with Gasteiger partial charge >= 0.3 is 5.97 Å². The molecule has 2 aliphatic heterocycles. The number of hydrogen-bond donors (Lipinski definition) is 8. The molecular weight excluding hydrogens is 652 g/mol. The highest BCUT2D eigenvalue weighted by atomic mass is 16.8. The first-order chi connectivity index (χ1) is 23.2. The molecule has 16 heteroatoms. The van der Waals surface area contributed by atoms with E-state index in [-0.39, 0.29) is 54.1 Å². The van der Waals surface area contributed by atoms with Gasteiger partial charge in [-0.1, -0.05) is 19.1 Å². The zero-order valence-electron chi connectivity index (χ0n) is 27.2. The average molecular weight is 697 g/mol. The molecule has 0 radical (unpaired) electrons. The molecule has 0 spiro atoms. The minimum Gasteiger partial charge on any atom is -0.508 e. The molecule has 2 aromatic rings. The van der Waals surface area contributed by atoms with E-state index in [1.54, 1.807) is 6.92 Å². The first-order valence-electron chi connectivity index (χ1n) is 15.8. The monoisotopic (exact) mass is 696 g/mol. The lowest BCUT2D eigenvalue weighted by Crippen LogP contribution is -2.64. The molecule has 0 aromatic heterocycles. The third kappa shape index (κ3) is 9.43. The van der Waals surface area contributed by atoms with Gasteiger partial charge in [0.1, 0.15) is 65.2 Å². The molecule has 0 aliphatic carbocycles. The van der Waals surface area contributed by atoms with E-state index in [1.165, 1.54) is 50.2 Å². The van der Waals surface area contributed by atoms with Crippen LogP contribution in [0.25, 0.3) is 0 Å². The number of aliphatic hydroxyl groups excluding tert-OH is 7. The number of benzene rings is 2. The van der Waals surface area contributed by atoms with Crippen molar-refractivity contribution in [3.8, 4) is 23.0 Å². The molecule has 0 amide bonds. The van der Waals surface area contributed by atoms with E-state index in [1.807, 2.05) is 0 Å². The van der Waals surface area contributed by atoms with Gasteiger partial charge in [-0.3, -0.25) is 9.59 Å². The van der Waals surface area contributed by atoms with E-state index >= 15 is 0 Å². The summed E-state index contributed by atoms with van der Waals surface area (Å²) in [5.41, 5.74) is 0.399. The second-order valence-corrected chi connectivity index (χ2v) is 12.2. The van der Waals surface area contributed by atoms with Crippen LogP contribution in [0.5, 0.6) is 23.0 Å². The molecule has 2 aliphatic rings. The van der Waals surface area contributed by atoms with Gasteiger partial charge in [-0.15, -0.1) is 0 Å². The lowest BCUT2D eigenvalue weighted by molar-refractivity contribution is -0.354. The molecule has 11 atom stereocenters. The fraction of sp³-hybridized carbons (Fsp3) is 0.576. The Bertz CT molecular complexity index is 1400. The summed E-state index contributed by atoms with van der Waals surface area (Å²) in [6.45, 7) is 3.61. The predicted octanol–water partition coefficient (Wildman–Crippen LogP) is -0.829. The molecule has 8 N–H and O–H groups in total. The summed E-state index contributed by atoms with van der Waals surface area (Å²) in [5, 5.41) is 81.3. The number of hydrogen-bond acceptors (Lipinski definition) is 16. The summed E-state index contributed by atoms with van der Waals surface area (Å²) in [6, 6.07) is 8.30. The number of ketones is 1. The van der Waals surface area contributed by atoms with Gasteiger partial charge in [-0.25, -0.2) is 0 Å². The van der Waals surface area contributed by atoms with Crippen molar-refractivity contribution in [1.29, 1.82) is 0 Å². The lowest BCUT2D eigenvalue weighted by atomic mass is 9.97. The molecular formula is C33H44O16. The van der Waals surface area contributed by atoms with Crippen LogP contribution in [0.4, 0.5) is 0 Å². The van der Waals surface area contributed by atoms with Crippen LogP contribution in [0, 0.1) is 5.92 Å². The molecule has 2 saturated heterocycles. The zero-order valence-corrected chi connectivity index (χ0v) is 27.2. The van der Waals surface area contributed by atoms with Crippen LogP contribution in [-0.4, -0.2) is 134 Å². The van der Waals surface area contributed by atoms with Crippen LogP contribution < -0.4 is 14.2 Å². The second-order valence-electron chi connectivity index (χ2n) is 12.2. The van der Waals surface area contributed by atoms with Crippen LogP contribution in [-0.2, 0) is 25.4 Å². The number of carbonyl (C=O) groups excluding carboxylic acids is 2. The third-order valence-electron chi connectivity index (χ3n) is 8.26. The summed E-state index contributed by atoms with van der Waals surface area (Å²) in [7, 11) is 0. The van der Waals surface area contributed by atoms with E-state index in [0.29, 0.717) is 12.0 Å².